The van der Waals surface area contributed by atoms with Crippen molar-refractivity contribution in [1.82, 2.24) is 5.32 Å². The number of nitrogens with one attached hydrogen (secondary N) is 1. The third-order valence-electron chi connectivity index (χ3n) is 4.93. The van der Waals surface area contributed by atoms with E-state index in [0.29, 0.717) is 6.54 Å². The van der Waals surface area contributed by atoms with Crippen LogP contribution in [0.5, 0.6) is 0 Å². The minimum Gasteiger partial charge on any atom is -0.387 e. The number of hydrogen-bond acceptors (Lipinski definition) is 4. The molecular formula is C21H28N2O2. The predicted molar refractivity (Wildman–Crippen MR) is 102 cm³/mol. The Morgan fingerprint density at radius 2 is 1.76 bits per heavy atom. The van der Waals surface area contributed by atoms with Gasteiger partial charge >= 0.3 is 0 Å². The first-order valence-corrected chi connectivity index (χ1v) is 9.05. The molecule has 0 saturated carbocycles. The first-order chi connectivity index (χ1) is 12.1. The van der Waals surface area contributed by atoms with Crippen molar-refractivity contribution in [2.45, 2.75) is 26.0 Å². The van der Waals surface area contributed by atoms with Gasteiger partial charge in [-0.2, -0.15) is 0 Å². The molecule has 0 aromatic heterocycles. The lowest BCUT2D eigenvalue weighted by Gasteiger charge is -2.29. The molecule has 3 rings (SSSR count). The van der Waals surface area contributed by atoms with Gasteiger partial charge in [-0.1, -0.05) is 36.4 Å². The molecule has 2 N–H and O–H groups in total. The van der Waals surface area contributed by atoms with Crippen LogP contribution in [0.4, 0.5) is 5.69 Å². The first-order valence-electron chi connectivity index (χ1n) is 9.05. The van der Waals surface area contributed by atoms with E-state index in [1.807, 2.05) is 31.2 Å². The van der Waals surface area contributed by atoms with E-state index in [0.717, 1.165) is 37.4 Å². The van der Waals surface area contributed by atoms with Crippen LogP contribution in [0.25, 0.3) is 0 Å². The standard InChI is InChI=1S/C21H28N2O2/c1-16-5-3-4-6-20(16)21(24)15-22-17(2)18-7-9-19(10-8-18)23-11-13-25-14-12-23/h3-10,17,21-22,24H,11-15H2,1-2H3. The molecule has 134 valence electrons. The molecule has 2 aromatic rings. The molecule has 1 saturated heterocycles. The fourth-order valence-corrected chi connectivity index (χ4v) is 3.27. The predicted octanol–water partition coefficient (Wildman–Crippen LogP) is 3.22. The van der Waals surface area contributed by atoms with Gasteiger partial charge in [-0.05, 0) is 42.7 Å². The molecule has 1 aliphatic heterocycles. The van der Waals surface area contributed by atoms with Crippen molar-refractivity contribution in [2.24, 2.45) is 0 Å². The van der Waals surface area contributed by atoms with Crippen LogP contribution in [0, 0.1) is 6.92 Å². The lowest BCUT2D eigenvalue weighted by atomic mass is 10.0. The van der Waals surface area contributed by atoms with Crippen LogP contribution in [0.1, 0.15) is 35.8 Å². The summed E-state index contributed by atoms with van der Waals surface area (Å²) in [6.07, 6.45) is -0.490. The van der Waals surface area contributed by atoms with Crippen LogP contribution < -0.4 is 10.2 Å². The summed E-state index contributed by atoms with van der Waals surface area (Å²) < 4.78 is 5.41. The number of hydrogen-bond donors (Lipinski definition) is 2. The minimum absolute atomic E-state index is 0.192. The molecule has 0 aliphatic carbocycles. The quantitative estimate of drug-likeness (QED) is 0.847. The zero-order valence-corrected chi connectivity index (χ0v) is 15.1. The number of ether oxygens (including phenoxy) is 1. The van der Waals surface area contributed by atoms with E-state index in [1.165, 1.54) is 11.3 Å². The summed E-state index contributed by atoms with van der Waals surface area (Å²) in [5.41, 5.74) is 4.59. The highest BCUT2D eigenvalue weighted by atomic mass is 16.5. The van der Waals surface area contributed by atoms with Gasteiger partial charge in [-0.15, -0.1) is 0 Å². The van der Waals surface area contributed by atoms with Crippen molar-refractivity contribution in [3.05, 3.63) is 65.2 Å². The lowest BCUT2D eigenvalue weighted by molar-refractivity contribution is 0.122. The Bertz CT molecular complexity index is 666. The SMILES string of the molecule is Cc1ccccc1C(O)CNC(C)c1ccc(N2CCOCC2)cc1. The molecular weight excluding hydrogens is 312 g/mol. The third kappa shape index (κ3) is 4.60. The number of nitrogens with zero attached hydrogens (tertiary/aromatic N) is 1. The van der Waals surface area contributed by atoms with Gasteiger partial charge in [-0.25, -0.2) is 0 Å². The van der Waals surface area contributed by atoms with Crippen molar-refractivity contribution in [2.75, 3.05) is 37.7 Å². The van der Waals surface area contributed by atoms with Crippen LogP contribution in [-0.4, -0.2) is 38.0 Å². The van der Waals surface area contributed by atoms with Crippen molar-refractivity contribution in [1.29, 1.82) is 0 Å². The average Bonchev–Trinajstić information content (AvgIpc) is 2.67. The highest BCUT2D eigenvalue weighted by Gasteiger charge is 2.14. The molecule has 0 bridgehead atoms. The Labute approximate surface area is 150 Å². The third-order valence-corrected chi connectivity index (χ3v) is 4.93. The maximum absolute atomic E-state index is 10.4. The van der Waals surface area contributed by atoms with Crippen molar-refractivity contribution < 1.29 is 9.84 Å². The van der Waals surface area contributed by atoms with Gasteiger partial charge in [0.25, 0.3) is 0 Å². The van der Waals surface area contributed by atoms with Gasteiger partial charge in [0.2, 0.25) is 0 Å². The molecule has 25 heavy (non-hydrogen) atoms. The number of rotatable bonds is 6. The van der Waals surface area contributed by atoms with Crippen LogP contribution >= 0.6 is 0 Å². The molecule has 4 heteroatoms. The van der Waals surface area contributed by atoms with Gasteiger partial charge in [-0.3, -0.25) is 0 Å². The lowest BCUT2D eigenvalue weighted by Crippen LogP contribution is -2.36. The zero-order chi connectivity index (χ0) is 17.6. The summed E-state index contributed by atoms with van der Waals surface area (Å²) in [5.74, 6) is 0. The molecule has 1 fully saturated rings. The van der Waals surface area contributed by atoms with Gasteiger partial charge in [0.05, 0.1) is 19.3 Å². The summed E-state index contributed by atoms with van der Waals surface area (Å²) in [4.78, 5) is 2.35. The molecule has 2 aromatic carbocycles. The maximum atomic E-state index is 10.4. The molecule has 4 nitrogen and oxygen atoms in total. The van der Waals surface area contributed by atoms with Gasteiger partial charge in [0, 0.05) is 31.4 Å². The second-order valence-electron chi connectivity index (χ2n) is 6.69. The van der Waals surface area contributed by atoms with E-state index >= 15 is 0 Å². The van der Waals surface area contributed by atoms with Gasteiger partial charge in [0.15, 0.2) is 0 Å². The topological polar surface area (TPSA) is 44.7 Å². The monoisotopic (exact) mass is 340 g/mol. The molecule has 0 radical (unpaired) electrons. The number of benzene rings is 2. The second kappa shape index (κ2) is 8.48. The van der Waals surface area contributed by atoms with E-state index in [4.69, 9.17) is 4.74 Å². The summed E-state index contributed by atoms with van der Waals surface area (Å²) in [7, 11) is 0. The molecule has 1 heterocycles. The number of aliphatic hydroxyl groups is 1. The van der Waals surface area contributed by atoms with Crippen LogP contribution in [0.15, 0.2) is 48.5 Å². The van der Waals surface area contributed by atoms with E-state index in [2.05, 4.69) is 41.4 Å². The van der Waals surface area contributed by atoms with E-state index in [-0.39, 0.29) is 6.04 Å². The van der Waals surface area contributed by atoms with Crippen molar-refractivity contribution >= 4 is 5.69 Å². The maximum Gasteiger partial charge on any atom is 0.0917 e. The Kier molecular flexibility index (Phi) is 6.08. The number of aliphatic hydroxyl groups excluding tert-OH is 1. The van der Waals surface area contributed by atoms with E-state index in [9.17, 15) is 5.11 Å². The summed E-state index contributed by atoms with van der Waals surface area (Å²) >= 11 is 0. The first kappa shape index (κ1) is 17.9. The highest BCUT2D eigenvalue weighted by Crippen LogP contribution is 2.21. The molecule has 0 amide bonds. The van der Waals surface area contributed by atoms with Crippen molar-refractivity contribution in [3.63, 3.8) is 0 Å². The normalized spacial score (nSPS) is 17.3. The van der Waals surface area contributed by atoms with Crippen molar-refractivity contribution in [3.8, 4) is 0 Å². The average molecular weight is 340 g/mol. The summed E-state index contributed by atoms with van der Waals surface area (Å²) in [6, 6.07) is 16.9. The zero-order valence-electron chi connectivity index (χ0n) is 15.1. The number of aryl methyl sites for hydroxylation is 1. The smallest absolute Gasteiger partial charge is 0.0917 e. The second-order valence-corrected chi connectivity index (χ2v) is 6.69. The Balaban J connectivity index is 1.56. The van der Waals surface area contributed by atoms with Gasteiger partial charge in [0.1, 0.15) is 0 Å². The number of anilines is 1. The fraction of sp³-hybridized carbons (Fsp3) is 0.429. The van der Waals surface area contributed by atoms with E-state index < -0.39 is 6.10 Å². The van der Waals surface area contributed by atoms with Crippen LogP contribution in [0.3, 0.4) is 0 Å². The van der Waals surface area contributed by atoms with Crippen LogP contribution in [0.2, 0.25) is 0 Å². The van der Waals surface area contributed by atoms with Gasteiger partial charge < -0.3 is 20.1 Å². The highest BCUT2D eigenvalue weighted by molar-refractivity contribution is 5.48. The Morgan fingerprint density at radius 3 is 2.44 bits per heavy atom. The van der Waals surface area contributed by atoms with E-state index in [1.54, 1.807) is 0 Å². The largest absolute Gasteiger partial charge is 0.387 e. The number of morpholine rings is 1. The molecule has 0 spiro atoms. The summed E-state index contributed by atoms with van der Waals surface area (Å²) in [5, 5.41) is 13.9. The minimum atomic E-state index is -0.490. The fourth-order valence-electron chi connectivity index (χ4n) is 3.27. The molecule has 1 aliphatic rings. The Hall–Kier alpha value is -1.88. The molecule has 2 atom stereocenters. The molecule has 2 unspecified atom stereocenters. The Morgan fingerprint density at radius 1 is 1.08 bits per heavy atom. The van der Waals surface area contributed by atoms with Crippen LogP contribution in [-0.2, 0) is 4.74 Å². The summed E-state index contributed by atoms with van der Waals surface area (Å²) in [6.45, 7) is 8.22.